The standard InChI is InChI=1S/C21H24N2O3/c1-25-16-11-10-15(20(23-16)26-2)22-19(24)18-17(14-8-4-3-5-9-14)21(18)12-6-7-13-21/h3-5,8-11,17-18H,6-7,12-13H2,1-2H3,(H,22,24)/t17-,18+/m0/s1. The molecule has 26 heavy (non-hydrogen) atoms. The van der Waals surface area contributed by atoms with Crippen molar-refractivity contribution in [2.24, 2.45) is 11.3 Å². The Labute approximate surface area is 153 Å². The van der Waals surface area contributed by atoms with Gasteiger partial charge in [-0.3, -0.25) is 4.79 Å². The van der Waals surface area contributed by atoms with Crippen molar-refractivity contribution in [3.8, 4) is 11.8 Å². The third-order valence-corrected chi connectivity index (χ3v) is 5.93. The molecule has 0 unspecified atom stereocenters. The second-order valence-electron chi connectivity index (χ2n) is 7.21. The predicted molar refractivity (Wildman–Crippen MR) is 99.5 cm³/mol. The predicted octanol–water partition coefficient (Wildman–Crippen LogP) is 4.01. The Kier molecular flexibility index (Phi) is 4.31. The summed E-state index contributed by atoms with van der Waals surface area (Å²) in [5, 5.41) is 3.04. The second kappa shape index (κ2) is 6.63. The lowest BCUT2D eigenvalue weighted by atomic mass is 9.97. The number of pyridine rings is 1. The van der Waals surface area contributed by atoms with Gasteiger partial charge in [-0.15, -0.1) is 0 Å². The van der Waals surface area contributed by atoms with Gasteiger partial charge in [0.1, 0.15) is 5.69 Å². The molecule has 0 aliphatic heterocycles. The van der Waals surface area contributed by atoms with Crippen LogP contribution in [0.25, 0.3) is 0 Å². The van der Waals surface area contributed by atoms with Crippen LogP contribution in [0.4, 0.5) is 5.69 Å². The molecular formula is C21H24N2O3. The lowest BCUT2D eigenvalue weighted by Crippen LogP contribution is -2.18. The van der Waals surface area contributed by atoms with Gasteiger partial charge in [0.25, 0.3) is 0 Å². The number of carbonyl (C=O) groups excluding carboxylic acids is 1. The molecule has 1 spiro atoms. The molecule has 136 valence electrons. The van der Waals surface area contributed by atoms with Crippen LogP contribution in [0.1, 0.15) is 37.2 Å². The second-order valence-corrected chi connectivity index (χ2v) is 7.21. The van der Waals surface area contributed by atoms with Crippen LogP contribution in [0.5, 0.6) is 11.8 Å². The highest BCUT2D eigenvalue weighted by Gasteiger charge is 2.68. The summed E-state index contributed by atoms with van der Waals surface area (Å²) >= 11 is 0. The molecule has 1 heterocycles. The van der Waals surface area contributed by atoms with Crippen molar-refractivity contribution < 1.29 is 14.3 Å². The fourth-order valence-electron chi connectivity index (χ4n) is 4.74. The minimum absolute atomic E-state index is 0.0132. The molecular weight excluding hydrogens is 328 g/mol. The first-order valence-electron chi connectivity index (χ1n) is 9.14. The Hall–Kier alpha value is -2.56. The fraction of sp³-hybridized carbons (Fsp3) is 0.429. The number of anilines is 1. The number of hydrogen-bond acceptors (Lipinski definition) is 4. The smallest absolute Gasteiger partial charge is 0.240 e. The van der Waals surface area contributed by atoms with Crippen LogP contribution in [0, 0.1) is 11.3 Å². The molecule has 2 atom stereocenters. The third kappa shape index (κ3) is 2.71. The third-order valence-electron chi connectivity index (χ3n) is 5.93. The zero-order chi connectivity index (χ0) is 18.1. The van der Waals surface area contributed by atoms with E-state index in [0.717, 1.165) is 12.8 Å². The van der Waals surface area contributed by atoms with Gasteiger partial charge in [0.2, 0.25) is 17.7 Å². The highest BCUT2D eigenvalue weighted by Crippen LogP contribution is 2.72. The van der Waals surface area contributed by atoms with Crippen molar-refractivity contribution in [1.29, 1.82) is 0 Å². The Bertz CT molecular complexity index is 800. The maximum absolute atomic E-state index is 13.1. The molecule has 2 aliphatic rings. The van der Waals surface area contributed by atoms with E-state index in [1.54, 1.807) is 26.4 Å². The van der Waals surface area contributed by atoms with Gasteiger partial charge in [-0.1, -0.05) is 43.2 Å². The molecule has 1 aromatic heterocycles. The molecule has 2 saturated carbocycles. The normalized spacial score (nSPS) is 22.8. The first kappa shape index (κ1) is 16.9. The van der Waals surface area contributed by atoms with Gasteiger partial charge < -0.3 is 14.8 Å². The summed E-state index contributed by atoms with van der Waals surface area (Å²) in [6, 6.07) is 13.9. The molecule has 0 bridgehead atoms. The molecule has 0 radical (unpaired) electrons. The number of amides is 1. The van der Waals surface area contributed by atoms with Crippen molar-refractivity contribution in [3.05, 3.63) is 48.0 Å². The van der Waals surface area contributed by atoms with E-state index in [0.29, 0.717) is 23.4 Å². The van der Waals surface area contributed by atoms with Gasteiger partial charge in [-0.05, 0) is 29.9 Å². The van der Waals surface area contributed by atoms with Gasteiger partial charge in [0.05, 0.1) is 20.1 Å². The SMILES string of the molecule is COc1ccc(NC(=O)[C@H]2[C@H](c3ccccc3)C23CCCC3)c(OC)n1. The van der Waals surface area contributed by atoms with Crippen LogP contribution < -0.4 is 14.8 Å². The van der Waals surface area contributed by atoms with Crippen molar-refractivity contribution in [3.63, 3.8) is 0 Å². The van der Waals surface area contributed by atoms with E-state index in [-0.39, 0.29) is 17.2 Å². The van der Waals surface area contributed by atoms with E-state index in [1.165, 1.54) is 18.4 Å². The summed E-state index contributed by atoms with van der Waals surface area (Å²) in [5.41, 5.74) is 1.98. The molecule has 5 nitrogen and oxygen atoms in total. The van der Waals surface area contributed by atoms with Crippen molar-refractivity contribution >= 4 is 11.6 Å². The lowest BCUT2D eigenvalue weighted by molar-refractivity contribution is -0.118. The number of nitrogens with zero attached hydrogens (tertiary/aromatic N) is 1. The number of aromatic nitrogens is 1. The van der Waals surface area contributed by atoms with Crippen LogP contribution >= 0.6 is 0 Å². The Morgan fingerprint density at radius 1 is 1.08 bits per heavy atom. The fourth-order valence-corrected chi connectivity index (χ4v) is 4.74. The van der Waals surface area contributed by atoms with Gasteiger partial charge in [-0.2, -0.15) is 4.98 Å². The van der Waals surface area contributed by atoms with Crippen molar-refractivity contribution in [2.75, 3.05) is 19.5 Å². The minimum atomic E-state index is 0.0132. The number of methoxy groups -OCH3 is 2. The Balaban J connectivity index is 1.58. The maximum Gasteiger partial charge on any atom is 0.240 e. The molecule has 5 heteroatoms. The molecule has 4 rings (SSSR count). The van der Waals surface area contributed by atoms with Gasteiger partial charge >= 0.3 is 0 Å². The number of rotatable bonds is 5. The van der Waals surface area contributed by atoms with E-state index >= 15 is 0 Å². The number of nitrogens with one attached hydrogen (secondary N) is 1. The van der Waals surface area contributed by atoms with Gasteiger partial charge in [-0.25, -0.2) is 0 Å². The highest BCUT2D eigenvalue weighted by molar-refractivity contribution is 5.97. The van der Waals surface area contributed by atoms with E-state index in [2.05, 4.69) is 34.6 Å². The van der Waals surface area contributed by atoms with E-state index in [4.69, 9.17) is 9.47 Å². The maximum atomic E-state index is 13.1. The average molecular weight is 352 g/mol. The topological polar surface area (TPSA) is 60.5 Å². The number of carbonyl (C=O) groups is 1. The summed E-state index contributed by atoms with van der Waals surface area (Å²) in [6.07, 6.45) is 4.67. The van der Waals surface area contributed by atoms with Gasteiger partial charge in [0, 0.05) is 12.0 Å². The van der Waals surface area contributed by atoms with Crippen LogP contribution in [-0.2, 0) is 4.79 Å². The Morgan fingerprint density at radius 3 is 2.46 bits per heavy atom. The quantitative estimate of drug-likeness (QED) is 0.883. The van der Waals surface area contributed by atoms with Crippen LogP contribution in [-0.4, -0.2) is 25.1 Å². The number of hydrogen-bond donors (Lipinski definition) is 1. The molecule has 2 aromatic rings. The summed E-state index contributed by atoms with van der Waals surface area (Å²) in [5.74, 6) is 1.21. The summed E-state index contributed by atoms with van der Waals surface area (Å²) < 4.78 is 10.4. The van der Waals surface area contributed by atoms with E-state index in [1.807, 2.05) is 6.07 Å². The van der Waals surface area contributed by atoms with E-state index in [9.17, 15) is 4.79 Å². The number of ether oxygens (including phenoxy) is 2. The lowest BCUT2D eigenvalue weighted by Gasteiger charge is -2.12. The van der Waals surface area contributed by atoms with Crippen LogP contribution in [0.2, 0.25) is 0 Å². The van der Waals surface area contributed by atoms with Crippen molar-refractivity contribution in [2.45, 2.75) is 31.6 Å². The minimum Gasteiger partial charge on any atom is -0.481 e. The molecule has 1 amide bonds. The molecule has 2 fully saturated rings. The number of benzene rings is 1. The zero-order valence-corrected chi connectivity index (χ0v) is 15.2. The highest BCUT2D eigenvalue weighted by atomic mass is 16.5. The molecule has 1 aromatic carbocycles. The monoisotopic (exact) mass is 352 g/mol. The molecule has 0 saturated heterocycles. The van der Waals surface area contributed by atoms with Crippen molar-refractivity contribution in [1.82, 2.24) is 4.98 Å². The Morgan fingerprint density at radius 2 is 1.81 bits per heavy atom. The summed E-state index contributed by atoms with van der Waals surface area (Å²) in [7, 11) is 3.10. The summed E-state index contributed by atoms with van der Waals surface area (Å²) in [6.45, 7) is 0. The largest absolute Gasteiger partial charge is 0.481 e. The van der Waals surface area contributed by atoms with E-state index < -0.39 is 0 Å². The molecule has 1 N–H and O–H groups in total. The van der Waals surface area contributed by atoms with Gasteiger partial charge in [0.15, 0.2) is 0 Å². The van der Waals surface area contributed by atoms with Crippen LogP contribution in [0.15, 0.2) is 42.5 Å². The average Bonchev–Trinajstić information content (AvgIpc) is 3.07. The first-order chi connectivity index (χ1) is 12.7. The summed E-state index contributed by atoms with van der Waals surface area (Å²) in [4.78, 5) is 17.4. The molecule has 2 aliphatic carbocycles. The first-order valence-corrected chi connectivity index (χ1v) is 9.14. The zero-order valence-electron chi connectivity index (χ0n) is 15.2. The van der Waals surface area contributed by atoms with Crippen LogP contribution in [0.3, 0.4) is 0 Å².